The fourth-order valence-electron chi connectivity index (χ4n) is 2.52. The van der Waals surface area contributed by atoms with Gasteiger partial charge in [0, 0.05) is 17.7 Å². The van der Waals surface area contributed by atoms with E-state index >= 15 is 0 Å². The first kappa shape index (κ1) is 19.0. The van der Waals surface area contributed by atoms with E-state index in [2.05, 4.69) is 15.6 Å². The Labute approximate surface area is 162 Å². The number of carbonyl (C=O) groups is 2. The number of terminal acetylenes is 1. The minimum Gasteiger partial charge on any atom is -0.465 e. The molecule has 3 rings (SSSR count). The lowest BCUT2D eigenvalue weighted by Crippen LogP contribution is -2.16. The molecule has 0 saturated carbocycles. The number of hydrogen-bond acceptors (Lipinski definition) is 6. The summed E-state index contributed by atoms with van der Waals surface area (Å²) in [6.07, 6.45) is 5.41. The van der Waals surface area contributed by atoms with Crippen molar-refractivity contribution < 1.29 is 19.2 Å². The van der Waals surface area contributed by atoms with Crippen molar-refractivity contribution in [3.05, 3.63) is 68.5 Å². The molecular formula is C19H13N3O5S. The van der Waals surface area contributed by atoms with E-state index in [1.807, 2.05) is 0 Å². The molecule has 0 atom stereocenters. The van der Waals surface area contributed by atoms with Gasteiger partial charge in [-0.15, -0.1) is 6.42 Å². The molecule has 0 fully saturated rings. The van der Waals surface area contributed by atoms with E-state index in [1.54, 1.807) is 10.6 Å². The molecule has 1 heterocycles. The number of esters is 1. The minimum absolute atomic E-state index is 0.0765. The van der Waals surface area contributed by atoms with Gasteiger partial charge < -0.3 is 9.30 Å². The van der Waals surface area contributed by atoms with Gasteiger partial charge in [-0.3, -0.25) is 14.9 Å². The Morgan fingerprint density at radius 1 is 1.25 bits per heavy atom. The summed E-state index contributed by atoms with van der Waals surface area (Å²) >= 11 is 1.20. The molecule has 140 valence electrons. The van der Waals surface area contributed by atoms with Crippen LogP contribution in [0.4, 0.5) is 5.69 Å². The number of nitro groups is 1. The van der Waals surface area contributed by atoms with E-state index in [1.165, 1.54) is 54.8 Å². The Hall–Kier alpha value is -3.77. The molecule has 8 nitrogen and oxygen atoms in total. The topological polar surface area (TPSA) is 104 Å². The number of non-ortho nitro benzene ring substituents is 1. The molecule has 0 spiro atoms. The van der Waals surface area contributed by atoms with E-state index in [0.717, 1.165) is 0 Å². The number of carbonyl (C=O) groups excluding carboxylic acids is 2. The molecule has 0 saturated heterocycles. The van der Waals surface area contributed by atoms with Crippen LogP contribution in [0.5, 0.6) is 0 Å². The van der Waals surface area contributed by atoms with E-state index in [9.17, 15) is 19.7 Å². The van der Waals surface area contributed by atoms with Crippen LogP contribution in [0.1, 0.15) is 20.7 Å². The molecule has 28 heavy (non-hydrogen) atoms. The maximum atomic E-state index is 12.5. The fraction of sp³-hybridized carbons (Fsp3) is 0.105. The zero-order valence-electron chi connectivity index (χ0n) is 14.6. The first-order valence-electron chi connectivity index (χ1n) is 7.93. The van der Waals surface area contributed by atoms with Crippen LogP contribution >= 0.6 is 11.3 Å². The van der Waals surface area contributed by atoms with Crippen LogP contribution in [0.2, 0.25) is 0 Å². The molecule has 3 aromatic rings. The zero-order chi connectivity index (χ0) is 20.3. The quantitative estimate of drug-likeness (QED) is 0.292. The van der Waals surface area contributed by atoms with Crippen molar-refractivity contribution in [1.82, 2.24) is 4.57 Å². The van der Waals surface area contributed by atoms with Crippen molar-refractivity contribution >= 4 is 39.1 Å². The molecule has 2 aromatic carbocycles. The fourth-order valence-corrected chi connectivity index (χ4v) is 3.53. The van der Waals surface area contributed by atoms with Gasteiger partial charge in [0.05, 0.1) is 34.4 Å². The molecule has 9 heteroatoms. The Balaban J connectivity index is 2.06. The summed E-state index contributed by atoms with van der Waals surface area (Å²) in [6, 6.07) is 10.3. The maximum absolute atomic E-state index is 12.5. The van der Waals surface area contributed by atoms with Gasteiger partial charge in [-0.1, -0.05) is 17.3 Å². The van der Waals surface area contributed by atoms with Gasteiger partial charge in [-0.25, -0.2) is 4.79 Å². The summed E-state index contributed by atoms with van der Waals surface area (Å²) in [6.45, 7) is 0.106. The number of nitrogens with zero attached hydrogens (tertiary/aromatic N) is 3. The SMILES string of the molecule is C#CCn1c(=NC(=O)c2ccc(C(=O)OC)cc2)sc2ccc([N+](=O)[O-])cc21. The number of benzene rings is 2. The zero-order valence-corrected chi connectivity index (χ0v) is 15.4. The van der Waals surface area contributed by atoms with Crippen LogP contribution in [-0.2, 0) is 11.3 Å². The second-order valence-corrected chi connectivity index (χ2v) is 6.58. The summed E-state index contributed by atoms with van der Waals surface area (Å²) in [5.41, 5.74) is 1.05. The molecule has 1 amide bonds. The number of thiazole rings is 1. The number of amides is 1. The maximum Gasteiger partial charge on any atom is 0.337 e. The number of nitro benzene ring substituents is 1. The van der Waals surface area contributed by atoms with Gasteiger partial charge in [-0.2, -0.15) is 4.99 Å². The van der Waals surface area contributed by atoms with E-state index in [0.29, 0.717) is 20.6 Å². The average Bonchev–Trinajstić information content (AvgIpc) is 3.04. The van der Waals surface area contributed by atoms with Crippen LogP contribution in [0.25, 0.3) is 10.2 Å². The Kier molecular flexibility index (Phi) is 5.33. The second kappa shape index (κ2) is 7.85. The minimum atomic E-state index is -0.525. The Morgan fingerprint density at radius 3 is 2.54 bits per heavy atom. The first-order chi connectivity index (χ1) is 13.4. The van der Waals surface area contributed by atoms with Crippen molar-refractivity contribution in [3.63, 3.8) is 0 Å². The van der Waals surface area contributed by atoms with Gasteiger partial charge in [-0.05, 0) is 30.3 Å². The highest BCUT2D eigenvalue weighted by Gasteiger charge is 2.13. The number of rotatable bonds is 4. The molecule has 0 aliphatic rings. The molecule has 0 radical (unpaired) electrons. The van der Waals surface area contributed by atoms with Crippen molar-refractivity contribution in [2.75, 3.05) is 7.11 Å². The van der Waals surface area contributed by atoms with Crippen LogP contribution in [0, 0.1) is 22.5 Å². The summed E-state index contributed by atoms with van der Waals surface area (Å²) < 4.78 is 6.91. The van der Waals surface area contributed by atoms with Crippen molar-refractivity contribution in [2.45, 2.75) is 6.54 Å². The van der Waals surface area contributed by atoms with Crippen molar-refractivity contribution in [1.29, 1.82) is 0 Å². The molecular weight excluding hydrogens is 382 g/mol. The van der Waals surface area contributed by atoms with Crippen LogP contribution in [-0.4, -0.2) is 28.5 Å². The van der Waals surface area contributed by atoms with Crippen LogP contribution in [0.15, 0.2) is 47.5 Å². The summed E-state index contributed by atoms with van der Waals surface area (Å²) in [7, 11) is 1.27. The highest BCUT2D eigenvalue weighted by molar-refractivity contribution is 7.16. The van der Waals surface area contributed by atoms with Gasteiger partial charge in [0.1, 0.15) is 0 Å². The van der Waals surface area contributed by atoms with E-state index in [4.69, 9.17) is 6.42 Å². The lowest BCUT2D eigenvalue weighted by atomic mass is 10.1. The van der Waals surface area contributed by atoms with E-state index < -0.39 is 16.8 Å². The monoisotopic (exact) mass is 395 g/mol. The molecule has 0 bridgehead atoms. The highest BCUT2D eigenvalue weighted by atomic mass is 32.1. The summed E-state index contributed by atoms with van der Waals surface area (Å²) in [5, 5.41) is 11.0. The number of aromatic nitrogens is 1. The van der Waals surface area contributed by atoms with Crippen molar-refractivity contribution in [2.24, 2.45) is 4.99 Å². The third-order valence-electron chi connectivity index (χ3n) is 3.88. The number of ether oxygens (including phenoxy) is 1. The number of fused-ring (bicyclic) bond motifs is 1. The summed E-state index contributed by atoms with van der Waals surface area (Å²) in [4.78, 5) is 39.0. The molecule has 0 aliphatic carbocycles. The predicted molar refractivity (Wildman–Crippen MR) is 103 cm³/mol. The third-order valence-corrected chi connectivity index (χ3v) is 4.94. The molecule has 0 unspecified atom stereocenters. The average molecular weight is 395 g/mol. The largest absolute Gasteiger partial charge is 0.465 e. The lowest BCUT2D eigenvalue weighted by molar-refractivity contribution is -0.384. The predicted octanol–water partition coefficient (Wildman–Crippen LogP) is 2.77. The molecule has 0 aliphatic heterocycles. The Morgan fingerprint density at radius 2 is 1.93 bits per heavy atom. The molecule has 0 N–H and O–H groups in total. The van der Waals surface area contributed by atoms with Gasteiger partial charge >= 0.3 is 5.97 Å². The van der Waals surface area contributed by atoms with Crippen LogP contribution in [0.3, 0.4) is 0 Å². The first-order valence-corrected chi connectivity index (χ1v) is 8.75. The van der Waals surface area contributed by atoms with Gasteiger partial charge in [0.15, 0.2) is 4.80 Å². The van der Waals surface area contributed by atoms with E-state index in [-0.39, 0.29) is 17.8 Å². The Bertz CT molecular complexity index is 1200. The number of methoxy groups -OCH3 is 1. The van der Waals surface area contributed by atoms with Gasteiger partial charge in [0.2, 0.25) is 0 Å². The number of hydrogen-bond donors (Lipinski definition) is 0. The molecule has 1 aromatic heterocycles. The third kappa shape index (κ3) is 3.67. The van der Waals surface area contributed by atoms with Gasteiger partial charge in [0.25, 0.3) is 11.6 Å². The highest BCUT2D eigenvalue weighted by Crippen LogP contribution is 2.23. The normalized spacial score (nSPS) is 11.2. The van der Waals surface area contributed by atoms with Crippen LogP contribution < -0.4 is 4.80 Å². The smallest absolute Gasteiger partial charge is 0.337 e. The second-order valence-electron chi connectivity index (χ2n) is 5.57. The van der Waals surface area contributed by atoms with Crippen molar-refractivity contribution in [3.8, 4) is 12.3 Å². The lowest BCUT2D eigenvalue weighted by Gasteiger charge is -2.01. The summed E-state index contributed by atoms with van der Waals surface area (Å²) in [5.74, 6) is 1.44. The standard InChI is InChI=1S/C19H13N3O5S/c1-3-10-21-15-11-14(22(25)26)8-9-16(15)28-19(21)20-17(23)12-4-6-13(7-5-12)18(24)27-2/h1,4-9,11H,10H2,2H3.